The molecule has 3 aliphatic carbocycles. The van der Waals surface area contributed by atoms with E-state index in [0.29, 0.717) is 5.41 Å². The van der Waals surface area contributed by atoms with Gasteiger partial charge < -0.3 is 5.32 Å². The first-order valence-electron chi connectivity index (χ1n) is 8.56. The lowest BCUT2D eigenvalue weighted by atomic mass is 9.62. The van der Waals surface area contributed by atoms with Gasteiger partial charge in [0, 0.05) is 6.54 Å². The Kier molecular flexibility index (Phi) is 3.98. The first-order chi connectivity index (χ1) is 8.85. The van der Waals surface area contributed by atoms with Gasteiger partial charge in [-0.25, -0.2) is 0 Å². The van der Waals surface area contributed by atoms with Crippen LogP contribution in [-0.2, 0) is 0 Å². The number of fused-ring (bicyclic) bond motifs is 2. The van der Waals surface area contributed by atoms with Crippen molar-refractivity contribution in [1.29, 1.82) is 0 Å². The second kappa shape index (κ2) is 5.53. The second-order valence-corrected chi connectivity index (χ2v) is 7.28. The Morgan fingerprint density at radius 2 is 1.72 bits per heavy atom. The molecule has 0 aromatic rings. The number of hydrogen-bond donors (Lipinski definition) is 1. The topological polar surface area (TPSA) is 12.0 Å². The van der Waals surface area contributed by atoms with Crippen LogP contribution in [0.5, 0.6) is 0 Å². The first-order valence-corrected chi connectivity index (χ1v) is 8.56. The minimum absolute atomic E-state index is 0.712. The van der Waals surface area contributed by atoms with Crippen molar-refractivity contribution in [2.24, 2.45) is 23.2 Å². The van der Waals surface area contributed by atoms with E-state index in [1.54, 1.807) is 25.7 Å². The molecule has 2 bridgehead atoms. The van der Waals surface area contributed by atoms with E-state index in [9.17, 15) is 0 Å². The highest BCUT2D eigenvalue weighted by Gasteiger charge is 2.53. The molecule has 1 heteroatoms. The van der Waals surface area contributed by atoms with Gasteiger partial charge >= 0.3 is 0 Å². The molecule has 0 aromatic carbocycles. The van der Waals surface area contributed by atoms with Crippen molar-refractivity contribution < 1.29 is 0 Å². The number of rotatable bonds is 4. The summed E-state index contributed by atoms with van der Waals surface area (Å²) >= 11 is 0. The van der Waals surface area contributed by atoms with E-state index in [-0.39, 0.29) is 0 Å². The van der Waals surface area contributed by atoms with Crippen LogP contribution in [-0.4, -0.2) is 13.1 Å². The summed E-state index contributed by atoms with van der Waals surface area (Å²) in [6.07, 6.45) is 15.3. The molecule has 0 aromatic heterocycles. The van der Waals surface area contributed by atoms with E-state index in [0.717, 1.165) is 24.3 Å². The molecule has 3 fully saturated rings. The Bertz CT molecular complexity index is 267. The van der Waals surface area contributed by atoms with Gasteiger partial charge in [0.1, 0.15) is 0 Å². The third-order valence-electron chi connectivity index (χ3n) is 6.40. The maximum absolute atomic E-state index is 3.73. The molecule has 3 rings (SSSR count). The Balaban J connectivity index is 1.76. The molecule has 0 heterocycles. The van der Waals surface area contributed by atoms with Crippen LogP contribution in [0.4, 0.5) is 0 Å². The molecule has 0 spiro atoms. The predicted octanol–water partition coefficient (Wildman–Crippen LogP) is 4.37. The summed E-state index contributed by atoms with van der Waals surface area (Å²) in [4.78, 5) is 0. The lowest BCUT2D eigenvalue weighted by Crippen LogP contribution is -2.44. The highest BCUT2D eigenvalue weighted by atomic mass is 14.9. The van der Waals surface area contributed by atoms with Gasteiger partial charge in [0.05, 0.1) is 0 Å². The van der Waals surface area contributed by atoms with Gasteiger partial charge in [-0.05, 0) is 61.8 Å². The average Bonchev–Trinajstić information content (AvgIpc) is 2.87. The molecule has 18 heavy (non-hydrogen) atoms. The summed E-state index contributed by atoms with van der Waals surface area (Å²) < 4.78 is 0. The summed E-state index contributed by atoms with van der Waals surface area (Å²) in [5, 5.41) is 3.73. The zero-order valence-corrected chi connectivity index (χ0v) is 12.2. The summed E-state index contributed by atoms with van der Waals surface area (Å²) in [5.41, 5.74) is 0.712. The minimum Gasteiger partial charge on any atom is -0.316 e. The monoisotopic (exact) mass is 249 g/mol. The zero-order chi connectivity index (χ0) is 12.4. The molecular weight excluding hydrogens is 218 g/mol. The largest absolute Gasteiger partial charge is 0.316 e. The smallest absolute Gasteiger partial charge is 0.00131 e. The van der Waals surface area contributed by atoms with Crippen molar-refractivity contribution in [1.82, 2.24) is 5.32 Å². The molecule has 0 amide bonds. The molecule has 0 saturated heterocycles. The van der Waals surface area contributed by atoms with Crippen LogP contribution in [0, 0.1) is 23.2 Å². The zero-order valence-electron chi connectivity index (χ0n) is 12.2. The van der Waals surface area contributed by atoms with E-state index < -0.39 is 0 Å². The molecule has 3 saturated carbocycles. The van der Waals surface area contributed by atoms with Gasteiger partial charge in [0.15, 0.2) is 0 Å². The first kappa shape index (κ1) is 13.0. The average molecular weight is 249 g/mol. The fourth-order valence-electron chi connectivity index (χ4n) is 5.56. The molecule has 3 atom stereocenters. The minimum atomic E-state index is 0.712. The summed E-state index contributed by atoms with van der Waals surface area (Å²) in [5.74, 6) is 3.22. The fraction of sp³-hybridized carbons (Fsp3) is 1.00. The van der Waals surface area contributed by atoms with Gasteiger partial charge in [-0.3, -0.25) is 0 Å². The van der Waals surface area contributed by atoms with Gasteiger partial charge in [-0.1, -0.05) is 39.0 Å². The highest BCUT2D eigenvalue weighted by Crippen LogP contribution is 2.61. The molecule has 1 N–H and O–H groups in total. The van der Waals surface area contributed by atoms with Crippen LogP contribution in [0.3, 0.4) is 0 Å². The van der Waals surface area contributed by atoms with E-state index in [2.05, 4.69) is 12.2 Å². The lowest BCUT2D eigenvalue weighted by molar-refractivity contribution is 0.0625. The van der Waals surface area contributed by atoms with Gasteiger partial charge in [-0.2, -0.15) is 0 Å². The maximum Gasteiger partial charge on any atom is 0.00131 e. The van der Waals surface area contributed by atoms with Crippen molar-refractivity contribution in [2.45, 2.75) is 71.1 Å². The molecule has 104 valence electrons. The normalized spacial score (nSPS) is 41.2. The van der Waals surface area contributed by atoms with Crippen LogP contribution >= 0.6 is 0 Å². The van der Waals surface area contributed by atoms with Crippen molar-refractivity contribution in [3.05, 3.63) is 0 Å². The summed E-state index contributed by atoms with van der Waals surface area (Å²) in [6.45, 7) is 4.76. The third kappa shape index (κ3) is 2.24. The highest BCUT2D eigenvalue weighted by molar-refractivity contribution is 5.04. The van der Waals surface area contributed by atoms with Crippen LogP contribution in [0.25, 0.3) is 0 Å². The van der Waals surface area contributed by atoms with E-state index in [1.165, 1.54) is 45.1 Å². The quantitative estimate of drug-likeness (QED) is 0.729. The number of hydrogen-bond acceptors (Lipinski definition) is 1. The van der Waals surface area contributed by atoms with E-state index in [4.69, 9.17) is 0 Å². The van der Waals surface area contributed by atoms with Crippen LogP contribution in [0.15, 0.2) is 0 Å². The Labute approximate surface area is 113 Å². The Morgan fingerprint density at radius 1 is 0.944 bits per heavy atom. The summed E-state index contributed by atoms with van der Waals surface area (Å²) in [7, 11) is 0. The molecular formula is C17H31N. The van der Waals surface area contributed by atoms with Gasteiger partial charge in [0.25, 0.3) is 0 Å². The SMILES string of the molecule is CCNCC1(C2CCCCCC2)CC2CCC1C2. The van der Waals surface area contributed by atoms with Crippen molar-refractivity contribution in [3.63, 3.8) is 0 Å². The molecule has 0 aliphatic heterocycles. The molecule has 1 nitrogen and oxygen atoms in total. The van der Waals surface area contributed by atoms with Crippen molar-refractivity contribution in [2.75, 3.05) is 13.1 Å². The Morgan fingerprint density at radius 3 is 2.28 bits per heavy atom. The van der Waals surface area contributed by atoms with E-state index >= 15 is 0 Å². The summed E-state index contributed by atoms with van der Waals surface area (Å²) in [6, 6.07) is 0. The van der Waals surface area contributed by atoms with Crippen molar-refractivity contribution >= 4 is 0 Å². The van der Waals surface area contributed by atoms with Crippen molar-refractivity contribution in [3.8, 4) is 0 Å². The van der Waals surface area contributed by atoms with Gasteiger partial charge in [-0.15, -0.1) is 0 Å². The Hall–Kier alpha value is -0.0400. The molecule has 0 radical (unpaired) electrons. The fourth-order valence-corrected chi connectivity index (χ4v) is 5.56. The van der Waals surface area contributed by atoms with E-state index in [1.807, 2.05) is 0 Å². The van der Waals surface area contributed by atoms with Crippen LogP contribution in [0.2, 0.25) is 0 Å². The standard InChI is InChI=1S/C17H31N/c1-2-18-13-17(12-14-9-10-16(17)11-14)15-7-5-3-4-6-8-15/h14-16,18H,2-13H2,1H3. The molecule has 3 aliphatic rings. The predicted molar refractivity (Wildman–Crippen MR) is 77.6 cm³/mol. The maximum atomic E-state index is 3.73. The number of nitrogens with one attached hydrogen (secondary N) is 1. The van der Waals surface area contributed by atoms with Gasteiger partial charge in [0.2, 0.25) is 0 Å². The van der Waals surface area contributed by atoms with Crippen LogP contribution < -0.4 is 5.32 Å². The lowest BCUT2D eigenvalue weighted by Gasteiger charge is -2.45. The van der Waals surface area contributed by atoms with Crippen LogP contribution in [0.1, 0.15) is 71.1 Å². The second-order valence-electron chi connectivity index (χ2n) is 7.28. The molecule has 3 unspecified atom stereocenters. The third-order valence-corrected chi connectivity index (χ3v) is 6.40.